The van der Waals surface area contributed by atoms with E-state index < -0.39 is 0 Å². The number of pyridine rings is 1. The van der Waals surface area contributed by atoms with E-state index >= 15 is 0 Å². The van der Waals surface area contributed by atoms with Gasteiger partial charge in [-0.25, -0.2) is 0 Å². The summed E-state index contributed by atoms with van der Waals surface area (Å²) in [5.74, 6) is 0.750. The molecule has 0 radical (unpaired) electrons. The Morgan fingerprint density at radius 2 is 1.75 bits per heavy atom. The van der Waals surface area contributed by atoms with Crippen molar-refractivity contribution in [2.45, 2.75) is 0 Å². The molecule has 0 spiro atoms. The molecule has 0 aliphatic heterocycles. The van der Waals surface area contributed by atoms with Crippen LogP contribution in [0.15, 0.2) is 59.4 Å². The highest BCUT2D eigenvalue weighted by molar-refractivity contribution is 6.35. The second-order valence-corrected chi connectivity index (χ2v) is 4.79. The van der Waals surface area contributed by atoms with Crippen LogP contribution in [0.4, 0.5) is 0 Å². The molecule has 0 bridgehead atoms. The average Bonchev–Trinajstić information content (AvgIpc) is 2.48. The molecule has 0 saturated carbocycles. The van der Waals surface area contributed by atoms with Crippen LogP contribution in [0.3, 0.4) is 0 Å². The number of methoxy groups -OCH3 is 1. The number of rotatable bonds is 2. The standard InChI is InChI=1S/C16H12ClNO2/c1-20-12-8-6-11(7-9-12)18-15-5-3-2-4-13(15)14(17)10-16(18)19/h2-10H,1H3. The smallest absolute Gasteiger partial charge is 0.257 e. The molecule has 1 aromatic heterocycles. The normalized spacial score (nSPS) is 10.7. The Labute approximate surface area is 121 Å². The van der Waals surface area contributed by atoms with E-state index in [0.29, 0.717) is 5.02 Å². The van der Waals surface area contributed by atoms with E-state index in [1.165, 1.54) is 6.07 Å². The number of para-hydroxylation sites is 1. The van der Waals surface area contributed by atoms with Crippen LogP contribution in [-0.4, -0.2) is 11.7 Å². The van der Waals surface area contributed by atoms with Gasteiger partial charge in [0.1, 0.15) is 5.75 Å². The largest absolute Gasteiger partial charge is 0.497 e. The maximum absolute atomic E-state index is 12.3. The number of hydrogen-bond donors (Lipinski definition) is 0. The summed E-state index contributed by atoms with van der Waals surface area (Å²) in [5, 5.41) is 1.32. The van der Waals surface area contributed by atoms with Crippen LogP contribution in [0.1, 0.15) is 0 Å². The first kappa shape index (κ1) is 12.8. The second-order valence-electron chi connectivity index (χ2n) is 4.38. The van der Waals surface area contributed by atoms with E-state index in [-0.39, 0.29) is 5.56 Å². The Morgan fingerprint density at radius 3 is 2.45 bits per heavy atom. The number of benzene rings is 2. The minimum Gasteiger partial charge on any atom is -0.497 e. The quantitative estimate of drug-likeness (QED) is 0.720. The van der Waals surface area contributed by atoms with Crippen molar-refractivity contribution in [2.75, 3.05) is 7.11 Å². The Bertz CT molecular complexity index is 822. The molecular formula is C16H12ClNO2. The van der Waals surface area contributed by atoms with Gasteiger partial charge in [-0.3, -0.25) is 9.36 Å². The zero-order chi connectivity index (χ0) is 14.1. The van der Waals surface area contributed by atoms with Crippen molar-refractivity contribution in [3.63, 3.8) is 0 Å². The van der Waals surface area contributed by atoms with Gasteiger partial charge >= 0.3 is 0 Å². The summed E-state index contributed by atoms with van der Waals surface area (Å²) < 4.78 is 6.77. The van der Waals surface area contributed by atoms with Crippen LogP contribution < -0.4 is 10.3 Å². The highest BCUT2D eigenvalue weighted by Crippen LogP contribution is 2.24. The Morgan fingerprint density at radius 1 is 1.05 bits per heavy atom. The number of halogens is 1. The SMILES string of the molecule is COc1ccc(-n2c(=O)cc(Cl)c3ccccc32)cc1. The van der Waals surface area contributed by atoms with Gasteiger partial charge in [-0.05, 0) is 30.3 Å². The molecule has 0 saturated heterocycles. The number of hydrogen-bond acceptors (Lipinski definition) is 2. The third-order valence-electron chi connectivity index (χ3n) is 3.20. The van der Waals surface area contributed by atoms with Gasteiger partial charge < -0.3 is 4.74 Å². The van der Waals surface area contributed by atoms with Gasteiger partial charge in [0.05, 0.1) is 17.6 Å². The van der Waals surface area contributed by atoms with E-state index in [1.807, 2.05) is 48.5 Å². The predicted octanol–water partition coefficient (Wildman–Crippen LogP) is 3.65. The fraction of sp³-hybridized carbons (Fsp3) is 0.0625. The minimum absolute atomic E-state index is 0.154. The summed E-state index contributed by atoms with van der Waals surface area (Å²) in [5.41, 5.74) is 1.41. The van der Waals surface area contributed by atoms with Crippen molar-refractivity contribution in [2.24, 2.45) is 0 Å². The molecule has 1 heterocycles. The molecule has 0 aliphatic rings. The lowest BCUT2D eigenvalue weighted by atomic mass is 10.2. The molecule has 3 rings (SSSR count). The molecule has 0 aliphatic carbocycles. The van der Waals surface area contributed by atoms with Gasteiger partial charge in [0.15, 0.2) is 0 Å². The fourth-order valence-electron chi connectivity index (χ4n) is 2.24. The first-order valence-corrected chi connectivity index (χ1v) is 6.53. The van der Waals surface area contributed by atoms with Gasteiger partial charge in [0.25, 0.3) is 5.56 Å². The number of fused-ring (bicyclic) bond motifs is 1. The van der Waals surface area contributed by atoms with Gasteiger partial charge in [-0.15, -0.1) is 0 Å². The molecular weight excluding hydrogens is 274 g/mol. The summed E-state index contributed by atoms with van der Waals surface area (Å²) in [6, 6.07) is 16.4. The van der Waals surface area contributed by atoms with Crippen molar-refractivity contribution in [1.29, 1.82) is 0 Å². The summed E-state index contributed by atoms with van der Waals surface area (Å²) >= 11 is 6.14. The Hall–Kier alpha value is -2.26. The first-order valence-electron chi connectivity index (χ1n) is 6.15. The monoisotopic (exact) mass is 285 g/mol. The Kier molecular flexibility index (Phi) is 3.20. The van der Waals surface area contributed by atoms with E-state index in [2.05, 4.69) is 0 Å². The molecule has 2 aromatic carbocycles. The topological polar surface area (TPSA) is 31.2 Å². The van der Waals surface area contributed by atoms with Crippen molar-refractivity contribution in [3.8, 4) is 11.4 Å². The molecule has 0 N–H and O–H groups in total. The minimum atomic E-state index is -0.154. The summed E-state index contributed by atoms with van der Waals surface area (Å²) in [4.78, 5) is 12.3. The average molecular weight is 286 g/mol. The lowest BCUT2D eigenvalue weighted by Gasteiger charge is -2.11. The first-order chi connectivity index (χ1) is 9.70. The van der Waals surface area contributed by atoms with Crippen LogP contribution in [0.25, 0.3) is 16.6 Å². The zero-order valence-corrected chi connectivity index (χ0v) is 11.6. The van der Waals surface area contributed by atoms with Gasteiger partial charge in [0, 0.05) is 17.1 Å². The molecule has 0 unspecified atom stereocenters. The third-order valence-corrected chi connectivity index (χ3v) is 3.52. The summed E-state index contributed by atoms with van der Waals surface area (Å²) in [6.45, 7) is 0. The summed E-state index contributed by atoms with van der Waals surface area (Å²) in [7, 11) is 1.61. The Balaban J connectivity index is 2.32. The highest BCUT2D eigenvalue weighted by atomic mass is 35.5. The molecule has 3 nitrogen and oxygen atoms in total. The zero-order valence-electron chi connectivity index (χ0n) is 10.8. The molecule has 0 amide bonds. The fourth-order valence-corrected chi connectivity index (χ4v) is 2.49. The highest BCUT2D eigenvalue weighted by Gasteiger charge is 2.08. The van der Waals surface area contributed by atoms with Crippen molar-refractivity contribution >= 4 is 22.5 Å². The van der Waals surface area contributed by atoms with Gasteiger partial charge in [0.2, 0.25) is 0 Å². The second kappa shape index (κ2) is 5.02. The molecule has 100 valence electrons. The van der Waals surface area contributed by atoms with E-state index in [1.54, 1.807) is 11.7 Å². The van der Waals surface area contributed by atoms with Crippen molar-refractivity contribution < 1.29 is 4.74 Å². The maximum atomic E-state index is 12.3. The lowest BCUT2D eigenvalue weighted by Crippen LogP contribution is -2.17. The van der Waals surface area contributed by atoms with Crippen LogP contribution in [0.5, 0.6) is 5.75 Å². The molecule has 0 fully saturated rings. The molecule has 20 heavy (non-hydrogen) atoms. The predicted molar refractivity (Wildman–Crippen MR) is 81.1 cm³/mol. The van der Waals surface area contributed by atoms with E-state index in [4.69, 9.17) is 16.3 Å². The number of nitrogens with zero attached hydrogens (tertiary/aromatic N) is 1. The van der Waals surface area contributed by atoms with Crippen molar-refractivity contribution in [3.05, 3.63) is 70.0 Å². The van der Waals surface area contributed by atoms with E-state index in [9.17, 15) is 4.79 Å². The van der Waals surface area contributed by atoms with E-state index in [0.717, 1.165) is 22.3 Å². The molecule has 4 heteroatoms. The van der Waals surface area contributed by atoms with Crippen LogP contribution >= 0.6 is 11.6 Å². The number of aromatic nitrogens is 1. The van der Waals surface area contributed by atoms with Crippen molar-refractivity contribution in [1.82, 2.24) is 4.57 Å². The van der Waals surface area contributed by atoms with Crippen LogP contribution in [-0.2, 0) is 0 Å². The van der Waals surface area contributed by atoms with Gasteiger partial charge in [-0.2, -0.15) is 0 Å². The maximum Gasteiger partial charge on any atom is 0.257 e. The van der Waals surface area contributed by atoms with Gasteiger partial charge in [-0.1, -0.05) is 29.8 Å². The molecule has 3 aromatic rings. The lowest BCUT2D eigenvalue weighted by molar-refractivity contribution is 0.415. The van der Waals surface area contributed by atoms with Crippen LogP contribution in [0, 0.1) is 0 Å². The summed E-state index contributed by atoms with van der Waals surface area (Å²) in [6.07, 6.45) is 0. The molecule has 0 atom stereocenters. The van der Waals surface area contributed by atoms with Crippen LogP contribution in [0.2, 0.25) is 5.02 Å². The number of ether oxygens (including phenoxy) is 1. The third kappa shape index (κ3) is 2.06.